The fraction of sp³-hybridized carbons (Fsp3) is 0.214. The number of rotatable bonds is 3. The molecule has 0 saturated carbocycles. The average Bonchev–Trinajstić information content (AvgIpc) is 2.44. The van der Waals surface area contributed by atoms with Gasteiger partial charge >= 0.3 is 5.97 Å². The van der Waals surface area contributed by atoms with E-state index in [0.29, 0.717) is 0 Å². The van der Waals surface area contributed by atoms with Crippen molar-refractivity contribution in [3.63, 3.8) is 0 Å². The Morgan fingerprint density at radius 1 is 1.45 bits per heavy atom. The van der Waals surface area contributed by atoms with E-state index in [4.69, 9.17) is 4.74 Å². The van der Waals surface area contributed by atoms with Crippen molar-refractivity contribution in [3.05, 3.63) is 57.9 Å². The van der Waals surface area contributed by atoms with Gasteiger partial charge in [-0.25, -0.2) is 14.2 Å². The van der Waals surface area contributed by atoms with E-state index in [1.165, 1.54) is 13.1 Å². The quantitative estimate of drug-likeness (QED) is 0.803. The lowest BCUT2D eigenvalue weighted by molar-refractivity contribution is 0.0522. The number of esters is 1. The highest BCUT2D eigenvalue weighted by atomic mass is 19.1. The Labute approximate surface area is 114 Å². The molecule has 2 aromatic heterocycles. The number of pyridine rings is 2. The molecule has 20 heavy (non-hydrogen) atoms. The Kier molecular flexibility index (Phi) is 3.93. The van der Waals surface area contributed by atoms with Gasteiger partial charge in [0.15, 0.2) is 0 Å². The molecule has 0 aliphatic carbocycles. The van der Waals surface area contributed by atoms with Crippen LogP contribution in [0.1, 0.15) is 22.8 Å². The molecular formula is C14H13FN2O3. The number of carbonyl (C=O) groups excluding carboxylic acids is 1. The molecule has 5 nitrogen and oxygen atoms in total. The van der Waals surface area contributed by atoms with E-state index in [1.54, 1.807) is 25.1 Å². The van der Waals surface area contributed by atoms with Crippen molar-refractivity contribution < 1.29 is 13.9 Å². The van der Waals surface area contributed by atoms with Crippen LogP contribution >= 0.6 is 0 Å². The number of halogens is 1. The molecule has 0 amide bonds. The molecular weight excluding hydrogens is 263 g/mol. The lowest BCUT2D eigenvalue weighted by Crippen LogP contribution is -2.29. The molecule has 0 aliphatic heterocycles. The summed E-state index contributed by atoms with van der Waals surface area (Å²) in [7, 11) is 0. The molecule has 6 heteroatoms. The van der Waals surface area contributed by atoms with Crippen LogP contribution in [0.15, 0.2) is 35.4 Å². The van der Waals surface area contributed by atoms with E-state index in [2.05, 4.69) is 4.98 Å². The fourth-order valence-corrected chi connectivity index (χ4v) is 1.78. The maximum atomic E-state index is 13.9. The Bertz CT molecular complexity index is 696. The van der Waals surface area contributed by atoms with Crippen molar-refractivity contribution in [2.45, 2.75) is 13.8 Å². The van der Waals surface area contributed by atoms with Gasteiger partial charge in [0.2, 0.25) is 0 Å². The molecule has 0 aliphatic rings. The van der Waals surface area contributed by atoms with Gasteiger partial charge in [0.05, 0.1) is 12.8 Å². The largest absolute Gasteiger partial charge is 0.462 e. The third-order valence-corrected chi connectivity index (χ3v) is 2.78. The van der Waals surface area contributed by atoms with Gasteiger partial charge in [0.1, 0.15) is 17.2 Å². The number of carbonyl (C=O) groups is 1. The lowest BCUT2D eigenvalue weighted by atomic mass is 10.1. The SMILES string of the molecule is CCOC(=O)c1c(C)c(F)cn(-c2ccccn2)c1=O. The van der Waals surface area contributed by atoms with Crippen LogP contribution in [-0.2, 0) is 4.74 Å². The van der Waals surface area contributed by atoms with Crippen LogP contribution in [0.5, 0.6) is 0 Å². The second kappa shape index (κ2) is 5.64. The Morgan fingerprint density at radius 2 is 2.20 bits per heavy atom. The van der Waals surface area contributed by atoms with Crippen LogP contribution in [0.3, 0.4) is 0 Å². The highest BCUT2D eigenvalue weighted by Crippen LogP contribution is 2.12. The third kappa shape index (κ3) is 2.45. The second-order valence-corrected chi connectivity index (χ2v) is 4.06. The first-order valence-corrected chi connectivity index (χ1v) is 6.06. The predicted molar refractivity (Wildman–Crippen MR) is 70.5 cm³/mol. The summed E-state index contributed by atoms with van der Waals surface area (Å²) in [6.07, 6.45) is 2.49. The summed E-state index contributed by atoms with van der Waals surface area (Å²) in [4.78, 5) is 28.1. The van der Waals surface area contributed by atoms with E-state index in [-0.39, 0.29) is 23.6 Å². The van der Waals surface area contributed by atoms with E-state index < -0.39 is 17.3 Å². The fourth-order valence-electron chi connectivity index (χ4n) is 1.78. The first kappa shape index (κ1) is 13.9. The second-order valence-electron chi connectivity index (χ2n) is 4.06. The van der Waals surface area contributed by atoms with E-state index >= 15 is 0 Å². The Morgan fingerprint density at radius 3 is 2.80 bits per heavy atom. The molecule has 0 unspecified atom stereocenters. The maximum Gasteiger partial charge on any atom is 0.344 e. The summed E-state index contributed by atoms with van der Waals surface area (Å²) < 4.78 is 19.7. The van der Waals surface area contributed by atoms with Gasteiger partial charge in [0, 0.05) is 11.8 Å². The van der Waals surface area contributed by atoms with Crippen molar-refractivity contribution >= 4 is 5.97 Å². The van der Waals surface area contributed by atoms with Gasteiger partial charge in [-0.3, -0.25) is 9.36 Å². The lowest BCUT2D eigenvalue weighted by Gasteiger charge is -2.10. The zero-order chi connectivity index (χ0) is 14.7. The highest BCUT2D eigenvalue weighted by molar-refractivity contribution is 5.90. The molecule has 0 atom stereocenters. The summed E-state index contributed by atoms with van der Waals surface area (Å²) in [5.41, 5.74) is -0.987. The molecule has 0 saturated heterocycles. The number of hydrogen-bond donors (Lipinski definition) is 0. The molecule has 104 valence electrons. The molecule has 0 bridgehead atoms. The summed E-state index contributed by atoms with van der Waals surface area (Å²) >= 11 is 0. The maximum absolute atomic E-state index is 13.9. The van der Waals surface area contributed by atoms with Crippen molar-refractivity contribution in [2.75, 3.05) is 6.61 Å². The minimum absolute atomic E-state index is 0.0272. The highest BCUT2D eigenvalue weighted by Gasteiger charge is 2.21. The molecule has 0 fully saturated rings. The van der Waals surface area contributed by atoms with Gasteiger partial charge in [-0.15, -0.1) is 0 Å². The summed E-state index contributed by atoms with van der Waals surface area (Å²) in [6, 6.07) is 4.88. The molecule has 2 rings (SSSR count). The first-order valence-electron chi connectivity index (χ1n) is 6.06. The molecule has 2 aromatic rings. The van der Waals surface area contributed by atoms with Crippen LogP contribution in [0.4, 0.5) is 4.39 Å². The predicted octanol–water partition coefficient (Wildman–Crippen LogP) is 1.86. The molecule has 2 heterocycles. The minimum Gasteiger partial charge on any atom is -0.462 e. The van der Waals surface area contributed by atoms with Gasteiger partial charge in [-0.2, -0.15) is 0 Å². The minimum atomic E-state index is -0.834. The first-order chi connectivity index (χ1) is 9.56. The smallest absolute Gasteiger partial charge is 0.344 e. The average molecular weight is 276 g/mol. The van der Waals surface area contributed by atoms with E-state index in [1.807, 2.05) is 0 Å². The monoisotopic (exact) mass is 276 g/mol. The summed E-state index contributed by atoms with van der Waals surface area (Å²) in [5, 5.41) is 0. The zero-order valence-electron chi connectivity index (χ0n) is 11.1. The normalized spacial score (nSPS) is 10.3. The third-order valence-electron chi connectivity index (χ3n) is 2.78. The standard InChI is InChI=1S/C14H13FN2O3/c1-3-20-14(19)12-9(2)10(15)8-17(13(12)18)11-6-4-5-7-16-11/h4-8H,3H2,1-2H3. The van der Waals surface area contributed by atoms with Crippen molar-refractivity contribution in [3.8, 4) is 5.82 Å². The molecule has 0 aromatic carbocycles. The van der Waals surface area contributed by atoms with Crippen LogP contribution < -0.4 is 5.56 Å². The van der Waals surface area contributed by atoms with Gasteiger partial charge in [0.25, 0.3) is 5.56 Å². The van der Waals surface area contributed by atoms with Crippen LogP contribution in [-0.4, -0.2) is 22.1 Å². The molecule has 0 spiro atoms. The van der Waals surface area contributed by atoms with Gasteiger partial charge in [-0.05, 0) is 26.0 Å². The van der Waals surface area contributed by atoms with Gasteiger partial charge in [-0.1, -0.05) is 6.07 Å². The number of nitrogens with zero attached hydrogens (tertiary/aromatic N) is 2. The van der Waals surface area contributed by atoms with E-state index in [0.717, 1.165) is 10.8 Å². The van der Waals surface area contributed by atoms with Crippen molar-refractivity contribution in [1.82, 2.24) is 9.55 Å². The van der Waals surface area contributed by atoms with Crippen LogP contribution in [0.25, 0.3) is 5.82 Å². The molecule has 0 radical (unpaired) electrons. The zero-order valence-corrected chi connectivity index (χ0v) is 11.1. The number of ether oxygens (including phenoxy) is 1. The number of aromatic nitrogens is 2. The topological polar surface area (TPSA) is 61.2 Å². The Balaban J connectivity index is 2.68. The van der Waals surface area contributed by atoms with Crippen LogP contribution in [0, 0.1) is 12.7 Å². The summed E-state index contributed by atoms with van der Waals surface area (Å²) in [5.74, 6) is -1.26. The van der Waals surface area contributed by atoms with Crippen molar-refractivity contribution in [1.29, 1.82) is 0 Å². The van der Waals surface area contributed by atoms with Crippen molar-refractivity contribution in [2.24, 2.45) is 0 Å². The van der Waals surface area contributed by atoms with Crippen LogP contribution in [0.2, 0.25) is 0 Å². The Hall–Kier alpha value is -2.50. The van der Waals surface area contributed by atoms with Gasteiger partial charge < -0.3 is 4.74 Å². The number of hydrogen-bond acceptors (Lipinski definition) is 4. The van der Waals surface area contributed by atoms with E-state index in [9.17, 15) is 14.0 Å². The summed E-state index contributed by atoms with van der Waals surface area (Å²) in [6.45, 7) is 3.09. The molecule has 0 N–H and O–H groups in total.